The summed E-state index contributed by atoms with van der Waals surface area (Å²) in [6.45, 7) is 7.73. The number of aliphatic hydroxyl groups excluding tert-OH is 1. The molecule has 0 aromatic carbocycles. The number of Topliss-reactive ketones (excluding diaryl/α,β-unsaturated/α-hetero) is 1. The molecule has 8 atom stereocenters. The first-order valence-electron chi connectivity index (χ1n) is 14.6. The van der Waals surface area contributed by atoms with Gasteiger partial charge in [-0.3, -0.25) is 14.4 Å². The van der Waals surface area contributed by atoms with E-state index in [9.17, 15) is 24.3 Å². The van der Waals surface area contributed by atoms with Crippen molar-refractivity contribution in [3.63, 3.8) is 0 Å². The van der Waals surface area contributed by atoms with E-state index in [-0.39, 0.29) is 60.8 Å². The van der Waals surface area contributed by atoms with Crippen LogP contribution in [0.3, 0.4) is 0 Å². The summed E-state index contributed by atoms with van der Waals surface area (Å²) >= 11 is 0. The molecule has 0 saturated heterocycles. The predicted octanol–water partition coefficient (Wildman–Crippen LogP) is 4.73. The Balaban J connectivity index is 1.44. The molecule has 5 aliphatic carbocycles. The molecule has 0 aliphatic heterocycles. The molecule has 8 nitrogen and oxygen atoms in total. The second kappa shape index (κ2) is 10.2. The van der Waals surface area contributed by atoms with Gasteiger partial charge in [-0.25, -0.2) is 4.79 Å². The van der Waals surface area contributed by atoms with Gasteiger partial charge >= 0.3 is 12.1 Å². The van der Waals surface area contributed by atoms with E-state index in [1.165, 1.54) is 0 Å². The predicted molar refractivity (Wildman–Crippen MR) is 141 cm³/mol. The van der Waals surface area contributed by atoms with Crippen LogP contribution >= 0.6 is 0 Å². The maximum Gasteiger partial charge on any atom is 0.509 e. The Morgan fingerprint density at radius 1 is 1.13 bits per heavy atom. The number of hydrogen-bond acceptors (Lipinski definition) is 8. The van der Waals surface area contributed by atoms with E-state index in [1.807, 2.05) is 26.8 Å². The largest absolute Gasteiger partial charge is 0.509 e. The number of aliphatic hydroxyl groups is 1. The zero-order valence-corrected chi connectivity index (χ0v) is 23.6. The minimum Gasteiger partial charge on any atom is -0.457 e. The highest BCUT2D eigenvalue weighted by molar-refractivity contribution is 6.01. The number of carbonyl (C=O) groups excluding carboxylic acids is 4. The average Bonchev–Trinajstić information content (AvgIpc) is 3.70. The Morgan fingerprint density at radius 2 is 1.87 bits per heavy atom. The van der Waals surface area contributed by atoms with Crippen LogP contribution in [0.15, 0.2) is 23.8 Å². The number of esters is 1. The first-order valence-corrected chi connectivity index (χ1v) is 14.6. The summed E-state index contributed by atoms with van der Waals surface area (Å²) in [6, 6.07) is 0. The van der Waals surface area contributed by atoms with Gasteiger partial charge in [0.25, 0.3) is 0 Å². The Labute approximate surface area is 230 Å². The van der Waals surface area contributed by atoms with Gasteiger partial charge in [-0.15, -0.1) is 0 Å². The van der Waals surface area contributed by atoms with Crippen LogP contribution in [0.4, 0.5) is 4.79 Å². The Kier molecular flexibility index (Phi) is 7.32. The lowest BCUT2D eigenvalue weighted by molar-refractivity contribution is -0.186. The topological polar surface area (TPSA) is 116 Å². The van der Waals surface area contributed by atoms with Crippen molar-refractivity contribution in [1.29, 1.82) is 0 Å². The van der Waals surface area contributed by atoms with Crippen molar-refractivity contribution in [1.82, 2.24) is 0 Å². The van der Waals surface area contributed by atoms with Gasteiger partial charge in [0.15, 0.2) is 18.0 Å². The van der Waals surface area contributed by atoms with Crippen LogP contribution in [-0.2, 0) is 28.6 Å². The molecule has 2 unspecified atom stereocenters. The van der Waals surface area contributed by atoms with Crippen molar-refractivity contribution >= 4 is 23.7 Å². The minimum atomic E-state index is -1.56. The van der Waals surface area contributed by atoms with Crippen LogP contribution in [0.5, 0.6) is 0 Å². The third-order valence-corrected chi connectivity index (χ3v) is 10.8. The van der Waals surface area contributed by atoms with Crippen LogP contribution in [0, 0.1) is 40.4 Å². The summed E-state index contributed by atoms with van der Waals surface area (Å²) in [5.41, 5.74) is -1.81. The van der Waals surface area contributed by atoms with Gasteiger partial charge in [0.1, 0.15) is 0 Å². The van der Waals surface area contributed by atoms with E-state index < -0.39 is 41.1 Å². The molecule has 0 radical (unpaired) electrons. The number of carbonyl (C=O) groups is 4. The average molecular weight is 543 g/mol. The standard InChI is InChI=1S/C31H42O8/c1-5-18(2)16-38-28(36)39-31(25(34)17-37-27(35)19-6-7-19)13-11-23-22-9-8-20-14-21(32)10-12-29(20,3)26(22)24(33)15-30(23,31)4/h10,12,14,18-19,22-24,26,33H,5-9,11,13,15-17H2,1-4H3/t18?,22-,23-,24?,26+,29-,30-,31-/m0/s1. The molecule has 39 heavy (non-hydrogen) atoms. The lowest BCUT2D eigenvalue weighted by atomic mass is 9.46. The van der Waals surface area contributed by atoms with Crippen LogP contribution in [0.2, 0.25) is 0 Å². The summed E-state index contributed by atoms with van der Waals surface area (Å²) < 4.78 is 16.8. The van der Waals surface area contributed by atoms with E-state index in [4.69, 9.17) is 14.2 Å². The monoisotopic (exact) mass is 542 g/mol. The van der Waals surface area contributed by atoms with E-state index in [1.54, 1.807) is 12.2 Å². The number of allylic oxidation sites excluding steroid dienone is 4. The van der Waals surface area contributed by atoms with Crippen LogP contribution < -0.4 is 0 Å². The quantitative estimate of drug-likeness (QED) is 0.438. The Morgan fingerprint density at radius 3 is 2.56 bits per heavy atom. The van der Waals surface area contributed by atoms with E-state index in [0.717, 1.165) is 37.7 Å². The molecule has 1 N–H and O–H groups in total. The van der Waals surface area contributed by atoms with E-state index in [0.29, 0.717) is 6.42 Å². The molecule has 4 fully saturated rings. The summed E-state index contributed by atoms with van der Waals surface area (Å²) in [7, 11) is 0. The SMILES string of the molecule is CCC(C)COC(=O)O[C@]1(C(=O)COC(=O)C2CC2)CC[C@H]2[C@@H]3CCC4=CC(=O)C=C[C@]4(C)[C@H]3C(O)C[C@@]21C. The number of fused-ring (bicyclic) bond motifs is 5. The molecular formula is C31H42O8. The fraction of sp³-hybridized carbons (Fsp3) is 0.742. The Bertz CT molecular complexity index is 1100. The fourth-order valence-corrected chi connectivity index (χ4v) is 8.19. The molecule has 0 bridgehead atoms. The van der Waals surface area contributed by atoms with Gasteiger partial charge in [0.05, 0.1) is 18.6 Å². The van der Waals surface area contributed by atoms with Crippen molar-refractivity contribution in [2.24, 2.45) is 40.4 Å². The molecule has 0 amide bonds. The van der Waals surface area contributed by atoms with Gasteiger partial charge in [-0.1, -0.05) is 45.8 Å². The molecule has 5 aliphatic rings. The molecule has 0 spiro atoms. The number of rotatable bonds is 8. The smallest absolute Gasteiger partial charge is 0.457 e. The molecule has 8 heteroatoms. The highest BCUT2D eigenvalue weighted by atomic mass is 16.7. The molecule has 0 aromatic heterocycles. The van der Waals surface area contributed by atoms with Crippen molar-refractivity contribution in [3.05, 3.63) is 23.8 Å². The molecule has 4 saturated carbocycles. The van der Waals surface area contributed by atoms with Gasteiger partial charge < -0.3 is 19.3 Å². The third kappa shape index (κ3) is 4.66. The van der Waals surface area contributed by atoms with Gasteiger partial charge in [0, 0.05) is 16.7 Å². The molecule has 214 valence electrons. The zero-order valence-electron chi connectivity index (χ0n) is 23.6. The first kappa shape index (κ1) is 28.1. The van der Waals surface area contributed by atoms with Crippen molar-refractivity contribution in [2.45, 2.75) is 90.8 Å². The van der Waals surface area contributed by atoms with E-state index >= 15 is 0 Å². The normalized spacial score (nSPS) is 39.5. The van der Waals surface area contributed by atoms with Gasteiger partial charge in [-0.05, 0) is 74.9 Å². The van der Waals surface area contributed by atoms with Crippen LogP contribution in [0.25, 0.3) is 0 Å². The number of hydrogen-bond donors (Lipinski definition) is 1. The lowest BCUT2D eigenvalue weighted by Gasteiger charge is -2.59. The lowest BCUT2D eigenvalue weighted by Crippen LogP contribution is -2.63. The number of ketones is 2. The maximum absolute atomic E-state index is 13.9. The van der Waals surface area contributed by atoms with Crippen molar-refractivity contribution in [3.8, 4) is 0 Å². The molecule has 0 heterocycles. The van der Waals surface area contributed by atoms with Crippen LogP contribution in [0.1, 0.15) is 79.1 Å². The first-order chi connectivity index (χ1) is 18.4. The third-order valence-electron chi connectivity index (χ3n) is 10.8. The second-order valence-electron chi connectivity index (χ2n) is 13.1. The summed E-state index contributed by atoms with van der Waals surface area (Å²) in [5, 5.41) is 11.7. The maximum atomic E-state index is 13.9. The van der Waals surface area contributed by atoms with Crippen molar-refractivity contribution < 1.29 is 38.5 Å². The summed E-state index contributed by atoms with van der Waals surface area (Å²) in [5.74, 6) is -0.906. The highest BCUT2D eigenvalue weighted by Gasteiger charge is 2.70. The second-order valence-corrected chi connectivity index (χ2v) is 13.1. The molecule has 5 rings (SSSR count). The minimum absolute atomic E-state index is 0.000696. The fourth-order valence-electron chi connectivity index (χ4n) is 8.19. The van der Waals surface area contributed by atoms with E-state index in [2.05, 4.69) is 6.92 Å². The summed E-state index contributed by atoms with van der Waals surface area (Å²) in [6.07, 6.45) is 8.65. The van der Waals surface area contributed by atoms with Gasteiger partial charge in [0.2, 0.25) is 5.78 Å². The Hall–Kier alpha value is -2.48. The van der Waals surface area contributed by atoms with Crippen LogP contribution in [-0.4, -0.2) is 53.7 Å². The highest BCUT2D eigenvalue weighted by Crippen LogP contribution is 2.68. The molecule has 0 aromatic rings. The summed E-state index contributed by atoms with van der Waals surface area (Å²) in [4.78, 5) is 51.4. The number of ether oxygens (including phenoxy) is 3. The van der Waals surface area contributed by atoms with Gasteiger partial charge in [-0.2, -0.15) is 0 Å². The zero-order chi connectivity index (χ0) is 28.2. The molecular weight excluding hydrogens is 500 g/mol. The van der Waals surface area contributed by atoms with Crippen molar-refractivity contribution in [2.75, 3.05) is 13.2 Å².